The molecule has 0 bridgehead atoms. The zero-order valence-electron chi connectivity index (χ0n) is 15.6. The topological polar surface area (TPSA) is 69.7 Å². The highest BCUT2D eigenvalue weighted by molar-refractivity contribution is 5.89. The summed E-state index contributed by atoms with van der Waals surface area (Å²) < 4.78 is 0. The highest BCUT2D eigenvalue weighted by Crippen LogP contribution is 2.24. The Morgan fingerprint density at radius 2 is 1.75 bits per heavy atom. The largest absolute Gasteiger partial charge is 0.353 e. The molecule has 6 nitrogen and oxygen atoms in total. The van der Waals surface area contributed by atoms with Gasteiger partial charge in [0.2, 0.25) is 17.7 Å². The fraction of sp³-hybridized carbons (Fsp3) is 0.833. The third-order valence-corrected chi connectivity index (χ3v) is 4.95. The van der Waals surface area contributed by atoms with Gasteiger partial charge in [-0.25, -0.2) is 0 Å². The fourth-order valence-corrected chi connectivity index (χ4v) is 3.30. The molecule has 0 aliphatic carbocycles. The number of nitrogens with zero attached hydrogens (tertiary/aromatic N) is 2. The van der Waals surface area contributed by atoms with Crippen molar-refractivity contribution in [3.8, 4) is 0 Å². The molecule has 2 rings (SSSR count). The lowest BCUT2D eigenvalue weighted by molar-refractivity contribution is -0.137. The molecule has 3 amide bonds. The molecule has 1 unspecified atom stereocenters. The van der Waals surface area contributed by atoms with Crippen LogP contribution in [0.5, 0.6) is 0 Å². The molecule has 136 valence electrons. The Balaban J connectivity index is 1.83. The van der Waals surface area contributed by atoms with Crippen LogP contribution in [0.4, 0.5) is 0 Å². The molecular weight excluding hydrogens is 306 g/mol. The maximum absolute atomic E-state index is 12.7. The molecule has 0 spiro atoms. The fourth-order valence-electron chi connectivity index (χ4n) is 3.30. The molecule has 0 aromatic heterocycles. The second-order valence-electron chi connectivity index (χ2n) is 8.36. The van der Waals surface area contributed by atoms with E-state index in [1.807, 2.05) is 39.5 Å². The molecule has 1 N–H and O–H groups in total. The lowest BCUT2D eigenvalue weighted by Crippen LogP contribution is -2.50. The standard InChI is InChI=1S/C18H31N3O3/c1-12(2)21-11-13(10-15(21)22)16(23)20-8-6-14(7-9-20)19-17(24)18(3,4)5/h12-14H,6-11H2,1-5H3,(H,19,24). The van der Waals surface area contributed by atoms with Crippen LogP contribution in [-0.2, 0) is 14.4 Å². The van der Waals surface area contributed by atoms with E-state index < -0.39 is 5.41 Å². The summed E-state index contributed by atoms with van der Waals surface area (Å²) in [6.45, 7) is 11.5. The minimum absolute atomic E-state index is 0.0567. The number of amides is 3. The minimum Gasteiger partial charge on any atom is -0.353 e. The second-order valence-corrected chi connectivity index (χ2v) is 8.36. The summed E-state index contributed by atoms with van der Waals surface area (Å²) >= 11 is 0. The van der Waals surface area contributed by atoms with E-state index in [0.717, 1.165) is 12.8 Å². The van der Waals surface area contributed by atoms with Gasteiger partial charge in [0.25, 0.3) is 0 Å². The van der Waals surface area contributed by atoms with E-state index in [1.54, 1.807) is 4.90 Å². The van der Waals surface area contributed by atoms with E-state index in [1.165, 1.54) is 0 Å². The Morgan fingerprint density at radius 3 is 2.21 bits per heavy atom. The number of piperidine rings is 1. The first-order chi connectivity index (χ1) is 11.1. The van der Waals surface area contributed by atoms with Gasteiger partial charge in [-0.2, -0.15) is 0 Å². The van der Waals surface area contributed by atoms with Crippen molar-refractivity contribution in [3.05, 3.63) is 0 Å². The average molecular weight is 337 g/mol. The normalized spacial score (nSPS) is 23.1. The van der Waals surface area contributed by atoms with Gasteiger partial charge >= 0.3 is 0 Å². The third-order valence-electron chi connectivity index (χ3n) is 4.95. The first-order valence-corrected chi connectivity index (χ1v) is 8.99. The van der Waals surface area contributed by atoms with Crippen LogP contribution < -0.4 is 5.32 Å². The van der Waals surface area contributed by atoms with Crippen LogP contribution in [0.25, 0.3) is 0 Å². The molecule has 2 fully saturated rings. The van der Waals surface area contributed by atoms with E-state index in [9.17, 15) is 14.4 Å². The van der Waals surface area contributed by atoms with Crippen molar-refractivity contribution in [3.63, 3.8) is 0 Å². The molecule has 2 heterocycles. The van der Waals surface area contributed by atoms with Crippen molar-refractivity contribution in [2.75, 3.05) is 19.6 Å². The van der Waals surface area contributed by atoms with Crippen LogP contribution in [0.15, 0.2) is 0 Å². The van der Waals surface area contributed by atoms with E-state index in [-0.39, 0.29) is 35.7 Å². The van der Waals surface area contributed by atoms with Crippen molar-refractivity contribution >= 4 is 17.7 Å². The maximum atomic E-state index is 12.7. The predicted octanol–water partition coefficient (Wildman–Crippen LogP) is 1.40. The molecule has 2 saturated heterocycles. The van der Waals surface area contributed by atoms with E-state index in [2.05, 4.69) is 5.32 Å². The quantitative estimate of drug-likeness (QED) is 0.846. The number of rotatable bonds is 3. The number of carbonyl (C=O) groups excluding carboxylic acids is 3. The molecule has 0 aromatic rings. The smallest absolute Gasteiger partial charge is 0.227 e. The molecule has 0 radical (unpaired) electrons. The molecule has 1 atom stereocenters. The van der Waals surface area contributed by atoms with Crippen molar-refractivity contribution < 1.29 is 14.4 Å². The lowest BCUT2D eigenvalue weighted by atomic mass is 9.94. The SMILES string of the molecule is CC(C)N1CC(C(=O)N2CCC(NC(=O)C(C)(C)C)CC2)CC1=O. The molecule has 0 aromatic carbocycles. The van der Waals surface area contributed by atoms with E-state index in [4.69, 9.17) is 0 Å². The van der Waals surface area contributed by atoms with Crippen molar-refractivity contribution in [2.45, 2.75) is 66.0 Å². The number of nitrogens with one attached hydrogen (secondary N) is 1. The second kappa shape index (κ2) is 7.11. The van der Waals surface area contributed by atoms with Crippen LogP contribution in [-0.4, -0.2) is 59.2 Å². The summed E-state index contributed by atoms with van der Waals surface area (Å²) in [7, 11) is 0. The summed E-state index contributed by atoms with van der Waals surface area (Å²) in [5.74, 6) is 0.0182. The van der Waals surface area contributed by atoms with Crippen molar-refractivity contribution in [1.29, 1.82) is 0 Å². The third kappa shape index (κ3) is 4.28. The van der Waals surface area contributed by atoms with Gasteiger partial charge in [-0.3, -0.25) is 14.4 Å². The van der Waals surface area contributed by atoms with Gasteiger partial charge in [-0.15, -0.1) is 0 Å². The Hall–Kier alpha value is -1.59. The van der Waals surface area contributed by atoms with Gasteiger partial charge in [-0.1, -0.05) is 20.8 Å². The molecular formula is C18H31N3O3. The molecule has 0 saturated carbocycles. The number of hydrogen-bond donors (Lipinski definition) is 1. The van der Waals surface area contributed by atoms with Gasteiger partial charge in [0.1, 0.15) is 0 Å². The van der Waals surface area contributed by atoms with Crippen LogP contribution in [0.1, 0.15) is 53.9 Å². The van der Waals surface area contributed by atoms with Gasteiger partial charge in [0.05, 0.1) is 5.92 Å². The Labute approximate surface area is 144 Å². The summed E-state index contributed by atoms with van der Waals surface area (Å²) in [6.07, 6.45) is 1.89. The van der Waals surface area contributed by atoms with Crippen LogP contribution in [0.3, 0.4) is 0 Å². The number of carbonyl (C=O) groups is 3. The zero-order valence-corrected chi connectivity index (χ0v) is 15.6. The van der Waals surface area contributed by atoms with E-state index >= 15 is 0 Å². The Morgan fingerprint density at radius 1 is 1.17 bits per heavy atom. The Kier molecular flexibility index (Phi) is 5.56. The van der Waals surface area contributed by atoms with Crippen molar-refractivity contribution in [2.24, 2.45) is 11.3 Å². The Bertz CT molecular complexity index is 502. The summed E-state index contributed by atoms with van der Waals surface area (Å²) in [4.78, 5) is 40.4. The summed E-state index contributed by atoms with van der Waals surface area (Å²) in [6, 6.07) is 0.284. The lowest BCUT2D eigenvalue weighted by Gasteiger charge is -2.35. The highest BCUT2D eigenvalue weighted by atomic mass is 16.2. The highest BCUT2D eigenvalue weighted by Gasteiger charge is 2.38. The summed E-state index contributed by atoms with van der Waals surface area (Å²) in [5.41, 5.74) is -0.391. The summed E-state index contributed by atoms with van der Waals surface area (Å²) in [5, 5.41) is 3.08. The molecule has 24 heavy (non-hydrogen) atoms. The number of likely N-dealkylation sites (tertiary alicyclic amines) is 2. The predicted molar refractivity (Wildman–Crippen MR) is 92.2 cm³/mol. The number of hydrogen-bond acceptors (Lipinski definition) is 3. The van der Waals surface area contributed by atoms with Gasteiger partial charge in [0, 0.05) is 43.6 Å². The molecule has 2 aliphatic heterocycles. The van der Waals surface area contributed by atoms with Crippen LogP contribution in [0, 0.1) is 11.3 Å². The first-order valence-electron chi connectivity index (χ1n) is 8.99. The minimum atomic E-state index is -0.391. The van der Waals surface area contributed by atoms with Gasteiger partial charge in [0.15, 0.2) is 0 Å². The van der Waals surface area contributed by atoms with Crippen LogP contribution in [0.2, 0.25) is 0 Å². The van der Waals surface area contributed by atoms with E-state index in [0.29, 0.717) is 26.1 Å². The molecule has 2 aliphatic rings. The zero-order chi connectivity index (χ0) is 18.1. The maximum Gasteiger partial charge on any atom is 0.227 e. The monoisotopic (exact) mass is 337 g/mol. The average Bonchev–Trinajstić information content (AvgIpc) is 2.88. The van der Waals surface area contributed by atoms with Crippen LogP contribution >= 0.6 is 0 Å². The van der Waals surface area contributed by atoms with Crippen molar-refractivity contribution in [1.82, 2.24) is 15.1 Å². The van der Waals surface area contributed by atoms with Gasteiger partial charge in [-0.05, 0) is 26.7 Å². The van der Waals surface area contributed by atoms with Gasteiger partial charge < -0.3 is 15.1 Å². The first kappa shape index (κ1) is 18.7. The molecule has 6 heteroatoms.